The van der Waals surface area contributed by atoms with E-state index in [0.717, 1.165) is 21.4 Å². The molecule has 0 unspecified atom stereocenters. The number of carbonyl (C=O) groups is 1. The molecule has 18 heavy (non-hydrogen) atoms. The Hall–Kier alpha value is -1.68. The van der Waals surface area contributed by atoms with Crippen molar-refractivity contribution in [2.45, 2.75) is 13.3 Å². The Kier molecular flexibility index (Phi) is 4.10. The summed E-state index contributed by atoms with van der Waals surface area (Å²) in [6, 6.07) is 11.4. The molecule has 0 saturated carbocycles. The second kappa shape index (κ2) is 5.78. The summed E-state index contributed by atoms with van der Waals surface area (Å²) in [5.74, 6) is -0.0251. The van der Waals surface area contributed by atoms with Gasteiger partial charge < -0.3 is 5.32 Å². The molecule has 1 aromatic heterocycles. The third-order valence-corrected chi connectivity index (χ3v) is 2.99. The number of aromatic nitrogens is 1. The zero-order chi connectivity index (χ0) is 13.0. The van der Waals surface area contributed by atoms with Crippen LogP contribution in [0.15, 0.2) is 47.1 Å². The highest BCUT2D eigenvalue weighted by molar-refractivity contribution is 9.10. The molecule has 2 aromatic rings. The van der Waals surface area contributed by atoms with Gasteiger partial charge in [-0.05, 0) is 36.8 Å². The maximum Gasteiger partial charge on any atom is 0.228 e. The molecule has 92 valence electrons. The summed E-state index contributed by atoms with van der Waals surface area (Å²) >= 11 is 3.37. The molecule has 1 amide bonds. The molecule has 0 radical (unpaired) electrons. The zero-order valence-electron chi connectivity index (χ0n) is 9.98. The van der Waals surface area contributed by atoms with Crippen molar-refractivity contribution in [1.82, 2.24) is 4.98 Å². The Morgan fingerprint density at radius 1 is 1.28 bits per heavy atom. The lowest BCUT2D eigenvalue weighted by molar-refractivity contribution is -0.115. The average molecular weight is 305 g/mol. The van der Waals surface area contributed by atoms with E-state index in [2.05, 4.69) is 26.2 Å². The van der Waals surface area contributed by atoms with Crippen LogP contribution in [0, 0.1) is 6.92 Å². The highest BCUT2D eigenvalue weighted by Crippen LogP contribution is 2.12. The van der Waals surface area contributed by atoms with Gasteiger partial charge in [-0.3, -0.25) is 9.78 Å². The normalized spacial score (nSPS) is 10.1. The van der Waals surface area contributed by atoms with Gasteiger partial charge in [0.25, 0.3) is 0 Å². The molecule has 0 saturated heterocycles. The van der Waals surface area contributed by atoms with E-state index in [9.17, 15) is 4.79 Å². The van der Waals surface area contributed by atoms with Crippen molar-refractivity contribution in [1.29, 1.82) is 0 Å². The molecule has 0 aliphatic rings. The second-order valence-electron chi connectivity index (χ2n) is 4.04. The summed E-state index contributed by atoms with van der Waals surface area (Å²) < 4.78 is 1.01. The van der Waals surface area contributed by atoms with Gasteiger partial charge in [0.1, 0.15) is 0 Å². The van der Waals surface area contributed by atoms with Crippen LogP contribution in [0.1, 0.15) is 11.3 Å². The van der Waals surface area contributed by atoms with Crippen LogP contribution >= 0.6 is 15.9 Å². The topological polar surface area (TPSA) is 42.0 Å². The first-order valence-corrected chi connectivity index (χ1v) is 6.40. The Bertz CT molecular complexity index is 552. The fourth-order valence-corrected chi connectivity index (χ4v) is 1.88. The molecule has 2 rings (SSSR count). The molecule has 0 aliphatic carbocycles. The lowest BCUT2D eigenvalue weighted by Gasteiger charge is -2.05. The van der Waals surface area contributed by atoms with Gasteiger partial charge in [0.15, 0.2) is 0 Å². The highest BCUT2D eigenvalue weighted by Gasteiger charge is 2.04. The Morgan fingerprint density at radius 2 is 2.00 bits per heavy atom. The SMILES string of the molecule is Cc1cc(NC(=O)Cc2ccc(Br)cc2)ccn1. The van der Waals surface area contributed by atoms with E-state index in [1.807, 2.05) is 37.3 Å². The number of aryl methyl sites for hydroxylation is 1. The Morgan fingerprint density at radius 3 is 2.67 bits per heavy atom. The van der Waals surface area contributed by atoms with Crippen molar-refractivity contribution in [2.24, 2.45) is 0 Å². The predicted molar refractivity (Wildman–Crippen MR) is 75.4 cm³/mol. The van der Waals surface area contributed by atoms with E-state index in [1.54, 1.807) is 12.3 Å². The number of benzene rings is 1. The molecule has 0 aliphatic heterocycles. The number of pyridine rings is 1. The molecule has 1 aromatic carbocycles. The van der Waals surface area contributed by atoms with Crippen molar-refractivity contribution in [3.63, 3.8) is 0 Å². The van der Waals surface area contributed by atoms with Gasteiger partial charge in [-0.15, -0.1) is 0 Å². The van der Waals surface area contributed by atoms with Gasteiger partial charge in [-0.1, -0.05) is 28.1 Å². The van der Waals surface area contributed by atoms with E-state index in [-0.39, 0.29) is 5.91 Å². The highest BCUT2D eigenvalue weighted by atomic mass is 79.9. The molecular weight excluding hydrogens is 292 g/mol. The van der Waals surface area contributed by atoms with Gasteiger partial charge in [-0.25, -0.2) is 0 Å². The molecule has 0 fully saturated rings. The summed E-state index contributed by atoms with van der Waals surface area (Å²) in [7, 11) is 0. The van der Waals surface area contributed by atoms with E-state index in [1.165, 1.54) is 0 Å². The lowest BCUT2D eigenvalue weighted by atomic mass is 10.1. The van der Waals surface area contributed by atoms with Crippen molar-refractivity contribution >= 4 is 27.5 Å². The van der Waals surface area contributed by atoms with E-state index in [4.69, 9.17) is 0 Å². The van der Waals surface area contributed by atoms with Gasteiger partial charge in [0.2, 0.25) is 5.91 Å². The van der Waals surface area contributed by atoms with Crippen LogP contribution < -0.4 is 5.32 Å². The predicted octanol–water partition coefficient (Wildman–Crippen LogP) is 3.33. The molecule has 0 bridgehead atoms. The number of hydrogen-bond donors (Lipinski definition) is 1. The van der Waals surface area contributed by atoms with Crippen LogP contribution in [0.4, 0.5) is 5.69 Å². The number of carbonyl (C=O) groups excluding carboxylic acids is 1. The first kappa shape index (κ1) is 12.8. The fourth-order valence-electron chi connectivity index (χ4n) is 1.62. The number of halogens is 1. The number of hydrogen-bond acceptors (Lipinski definition) is 2. The minimum absolute atomic E-state index is 0.0251. The van der Waals surface area contributed by atoms with Crippen molar-refractivity contribution < 1.29 is 4.79 Å². The third kappa shape index (κ3) is 3.67. The molecule has 1 N–H and O–H groups in total. The van der Waals surface area contributed by atoms with Crippen LogP contribution in [-0.4, -0.2) is 10.9 Å². The monoisotopic (exact) mass is 304 g/mol. The molecule has 1 heterocycles. The zero-order valence-corrected chi connectivity index (χ0v) is 11.6. The fraction of sp³-hybridized carbons (Fsp3) is 0.143. The van der Waals surface area contributed by atoms with Gasteiger partial charge in [0, 0.05) is 22.1 Å². The van der Waals surface area contributed by atoms with E-state index >= 15 is 0 Å². The maximum absolute atomic E-state index is 11.8. The molecular formula is C14H13BrN2O. The first-order valence-electron chi connectivity index (χ1n) is 5.60. The largest absolute Gasteiger partial charge is 0.326 e. The number of nitrogens with one attached hydrogen (secondary N) is 1. The number of nitrogens with zero attached hydrogens (tertiary/aromatic N) is 1. The quantitative estimate of drug-likeness (QED) is 0.945. The molecule has 4 heteroatoms. The number of amides is 1. The minimum Gasteiger partial charge on any atom is -0.326 e. The third-order valence-electron chi connectivity index (χ3n) is 2.46. The van der Waals surface area contributed by atoms with Crippen LogP contribution in [-0.2, 0) is 11.2 Å². The second-order valence-corrected chi connectivity index (χ2v) is 4.95. The van der Waals surface area contributed by atoms with E-state index in [0.29, 0.717) is 6.42 Å². The smallest absolute Gasteiger partial charge is 0.228 e. The van der Waals surface area contributed by atoms with Crippen LogP contribution in [0.25, 0.3) is 0 Å². The molecule has 0 atom stereocenters. The van der Waals surface area contributed by atoms with Gasteiger partial charge in [0.05, 0.1) is 6.42 Å². The number of anilines is 1. The number of rotatable bonds is 3. The molecule has 3 nitrogen and oxygen atoms in total. The van der Waals surface area contributed by atoms with Crippen molar-refractivity contribution in [3.8, 4) is 0 Å². The first-order chi connectivity index (χ1) is 8.63. The van der Waals surface area contributed by atoms with Crippen LogP contribution in [0.2, 0.25) is 0 Å². The summed E-state index contributed by atoms with van der Waals surface area (Å²) in [6.07, 6.45) is 2.05. The summed E-state index contributed by atoms with van der Waals surface area (Å²) in [5, 5.41) is 2.86. The van der Waals surface area contributed by atoms with Crippen LogP contribution in [0.3, 0.4) is 0 Å². The van der Waals surface area contributed by atoms with Gasteiger partial charge >= 0.3 is 0 Å². The minimum atomic E-state index is -0.0251. The van der Waals surface area contributed by atoms with Crippen molar-refractivity contribution in [3.05, 3.63) is 58.3 Å². The summed E-state index contributed by atoms with van der Waals surface area (Å²) in [5.41, 5.74) is 2.66. The Balaban J connectivity index is 1.98. The van der Waals surface area contributed by atoms with E-state index < -0.39 is 0 Å². The van der Waals surface area contributed by atoms with Gasteiger partial charge in [-0.2, -0.15) is 0 Å². The summed E-state index contributed by atoms with van der Waals surface area (Å²) in [6.45, 7) is 1.89. The lowest BCUT2D eigenvalue weighted by Crippen LogP contribution is -2.14. The summed E-state index contributed by atoms with van der Waals surface area (Å²) in [4.78, 5) is 15.9. The standard InChI is InChI=1S/C14H13BrN2O/c1-10-8-13(6-7-16-10)17-14(18)9-11-2-4-12(15)5-3-11/h2-8H,9H2,1H3,(H,16,17,18). The molecule has 0 spiro atoms. The van der Waals surface area contributed by atoms with Crippen LogP contribution in [0.5, 0.6) is 0 Å². The van der Waals surface area contributed by atoms with Crippen molar-refractivity contribution in [2.75, 3.05) is 5.32 Å². The Labute approximate surface area is 114 Å². The maximum atomic E-state index is 11.8. The average Bonchev–Trinajstić information content (AvgIpc) is 2.32.